The van der Waals surface area contributed by atoms with Crippen LogP contribution in [-0.4, -0.2) is 34.5 Å². The molecule has 0 aliphatic carbocycles. The predicted molar refractivity (Wildman–Crippen MR) is 94.8 cm³/mol. The Morgan fingerprint density at radius 3 is 2.62 bits per heavy atom. The number of imidazole rings is 1. The fourth-order valence-electron chi connectivity index (χ4n) is 2.35. The predicted octanol–water partition coefficient (Wildman–Crippen LogP) is 2.89. The average molecular weight is 321 g/mol. The summed E-state index contributed by atoms with van der Waals surface area (Å²) in [7, 11) is 3.88. The fourth-order valence-corrected chi connectivity index (χ4v) is 2.35. The van der Waals surface area contributed by atoms with Crippen molar-refractivity contribution in [2.75, 3.05) is 24.3 Å². The van der Waals surface area contributed by atoms with Crippen molar-refractivity contribution in [1.29, 1.82) is 0 Å². The Morgan fingerprint density at radius 1 is 1.17 bits per heavy atom. The van der Waals surface area contributed by atoms with Crippen LogP contribution in [0.4, 0.5) is 11.4 Å². The van der Waals surface area contributed by atoms with Crippen LogP contribution in [-0.2, 0) is 0 Å². The van der Waals surface area contributed by atoms with Crippen LogP contribution in [0.2, 0.25) is 0 Å². The Balaban J connectivity index is 1.75. The number of aryl methyl sites for hydroxylation is 1. The van der Waals surface area contributed by atoms with E-state index in [1.165, 1.54) is 0 Å². The summed E-state index contributed by atoms with van der Waals surface area (Å²) in [5.41, 5.74) is 2.24. The third-order valence-electron chi connectivity index (χ3n) is 3.70. The first-order valence-electron chi connectivity index (χ1n) is 7.60. The normalized spacial score (nSPS) is 10.5. The van der Waals surface area contributed by atoms with Gasteiger partial charge in [0.2, 0.25) is 0 Å². The molecule has 2 aromatic heterocycles. The minimum Gasteiger partial charge on any atom is -0.378 e. The van der Waals surface area contributed by atoms with Gasteiger partial charge in [-0.15, -0.1) is 0 Å². The van der Waals surface area contributed by atoms with E-state index < -0.39 is 0 Å². The summed E-state index contributed by atoms with van der Waals surface area (Å²) in [6.45, 7) is 1.91. The van der Waals surface area contributed by atoms with Gasteiger partial charge in [-0.1, -0.05) is 6.07 Å². The lowest BCUT2D eigenvalue weighted by atomic mass is 10.2. The van der Waals surface area contributed by atoms with Crippen LogP contribution in [0.25, 0.3) is 5.82 Å². The Bertz CT molecular complexity index is 852. The summed E-state index contributed by atoms with van der Waals surface area (Å²) in [6, 6.07) is 11.1. The van der Waals surface area contributed by atoms with Gasteiger partial charge in [0.15, 0.2) is 0 Å². The van der Waals surface area contributed by atoms with E-state index in [2.05, 4.69) is 15.3 Å². The summed E-state index contributed by atoms with van der Waals surface area (Å²) >= 11 is 0. The van der Waals surface area contributed by atoms with Crippen LogP contribution in [0, 0.1) is 6.92 Å². The standard InChI is InChI=1S/C18H19N5O/c1-13-19-9-10-23(13)17-8-7-15(12-20-17)21-18(24)14-5-4-6-16(11-14)22(2)3/h4-12H,1-3H3,(H,21,24). The number of carbonyl (C=O) groups is 1. The number of hydrogen-bond acceptors (Lipinski definition) is 4. The molecule has 0 radical (unpaired) electrons. The van der Waals surface area contributed by atoms with Crippen molar-refractivity contribution in [3.8, 4) is 5.82 Å². The van der Waals surface area contributed by atoms with Crippen molar-refractivity contribution in [2.24, 2.45) is 0 Å². The molecule has 3 rings (SSSR count). The molecular weight excluding hydrogens is 302 g/mol. The quantitative estimate of drug-likeness (QED) is 0.802. The second kappa shape index (κ2) is 6.54. The molecule has 0 unspecified atom stereocenters. The van der Waals surface area contributed by atoms with Crippen LogP contribution >= 0.6 is 0 Å². The van der Waals surface area contributed by atoms with Crippen LogP contribution in [0.1, 0.15) is 16.2 Å². The molecule has 0 saturated carbocycles. The molecule has 6 nitrogen and oxygen atoms in total. The summed E-state index contributed by atoms with van der Waals surface area (Å²) < 4.78 is 1.88. The largest absolute Gasteiger partial charge is 0.378 e. The number of nitrogens with zero attached hydrogens (tertiary/aromatic N) is 4. The topological polar surface area (TPSA) is 63.1 Å². The Kier molecular flexibility index (Phi) is 4.29. The van der Waals surface area contributed by atoms with E-state index in [9.17, 15) is 4.79 Å². The van der Waals surface area contributed by atoms with E-state index in [1.807, 2.05) is 67.0 Å². The summed E-state index contributed by atoms with van der Waals surface area (Å²) in [5.74, 6) is 1.46. The zero-order valence-electron chi connectivity index (χ0n) is 13.9. The van der Waals surface area contributed by atoms with Crippen molar-refractivity contribution < 1.29 is 4.79 Å². The van der Waals surface area contributed by atoms with Crippen LogP contribution < -0.4 is 10.2 Å². The molecule has 0 fully saturated rings. The maximum atomic E-state index is 12.4. The Labute approximate surface area is 140 Å². The number of nitrogens with one attached hydrogen (secondary N) is 1. The maximum absolute atomic E-state index is 12.4. The number of aromatic nitrogens is 3. The van der Waals surface area contributed by atoms with E-state index >= 15 is 0 Å². The molecule has 0 bridgehead atoms. The molecule has 0 atom stereocenters. The van der Waals surface area contributed by atoms with Gasteiger partial charge in [0, 0.05) is 37.7 Å². The molecule has 6 heteroatoms. The summed E-state index contributed by atoms with van der Waals surface area (Å²) in [5, 5.41) is 2.87. The van der Waals surface area contributed by atoms with Gasteiger partial charge in [0.05, 0.1) is 11.9 Å². The zero-order chi connectivity index (χ0) is 17.1. The minimum absolute atomic E-state index is 0.160. The molecule has 122 valence electrons. The van der Waals surface area contributed by atoms with Crippen molar-refractivity contribution in [1.82, 2.24) is 14.5 Å². The fraction of sp³-hybridized carbons (Fsp3) is 0.167. The first kappa shape index (κ1) is 15.7. The Hall–Kier alpha value is -3.15. The minimum atomic E-state index is -0.160. The zero-order valence-corrected chi connectivity index (χ0v) is 13.9. The molecular formula is C18H19N5O. The molecule has 1 amide bonds. The van der Waals surface area contributed by atoms with Gasteiger partial charge in [0.1, 0.15) is 11.6 Å². The highest BCUT2D eigenvalue weighted by Gasteiger charge is 2.08. The lowest BCUT2D eigenvalue weighted by molar-refractivity contribution is 0.102. The number of benzene rings is 1. The smallest absolute Gasteiger partial charge is 0.255 e. The van der Waals surface area contributed by atoms with Gasteiger partial charge in [-0.2, -0.15) is 0 Å². The highest BCUT2D eigenvalue weighted by molar-refractivity contribution is 6.04. The van der Waals surface area contributed by atoms with E-state index in [0.717, 1.165) is 17.3 Å². The monoisotopic (exact) mass is 321 g/mol. The highest BCUT2D eigenvalue weighted by Crippen LogP contribution is 2.16. The lowest BCUT2D eigenvalue weighted by Crippen LogP contribution is -2.14. The third-order valence-corrected chi connectivity index (χ3v) is 3.70. The number of amides is 1. The van der Waals surface area contributed by atoms with E-state index in [1.54, 1.807) is 18.5 Å². The summed E-state index contributed by atoms with van der Waals surface area (Å²) in [4.78, 5) is 22.9. The molecule has 1 N–H and O–H groups in total. The number of hydrogen-bond donors (Lipinski definition) is 1. The first-order valence-corrected chi connectivity index (χ1v) is 7.60. The molecule has 0 aliphatic rings. The molecule has 24 heavy (non-hydrogen) atoms. The van der Waals surface area contributed by atoms with Crippen LogP contribution in [0.3, 0.4) is 0 Å². The molecule has 3 aromatic rings. The van der Waals surface area contributed by atoms with E-state index in [0.29, 0.717) is 11.3 Å². The average Bonchev–Trinajstić information content (AvgIpc) is 3.01. The SMILES string of the molecule is Cc1nccn1-c1ccc(NC(=O)c2cccc(N(C)C)c2)cn1. The van der Waals surface area contributed by atoms with E-state index in [4.69, 9.17) is 0 Å². The van der Waals surface area contributed by atoms with Crippen molar-refractivity contribution in [2.45, 2.75) is 6.92 Å². The van der Waals surface area contributed by atoms with Gasteiger partial charge in [-0.25, -0.2) is 9.97 Å². The van der Waals surface area contributed by atoms with Gasteiger partial charge < -0.3 is 10.2 Å². The Morgan fingerprint density at radius 2 is 2.00 bits per heavy atom. The van der Waals surface area contributed by atoms with E-state index in [-0.39, 0.29) is 5.91 Å². The number of rotatable bonds is 4. The highest BCUT2D eigenvalue weighted by atomic mass is 16.1. The summed E-state index contributed by atoms with van der Waals surface area (Å²) in [6.07, 6.45) is 5.22. The lowest BCUT2D eigenvalue weighted by Gasteiger charge is -2.13. The van der Waals surface area contributed by atoms with Gasteiger partial charge in [0.25, 0.3) is 5.91 Å². The number of pyridine rings is 1. The molecule has 1 aromatic carbocycles. The maximum Gasteiger partial charge on any atom is 0.255 e. The second-order valence-corrected chi connectivity index (χ2v) is 5.65. The molecule has 2 heterocycles. The third kappa shape index (κ3) is 3.27. The van der Waals surface area contributed by atoms with Gasteiger partial charge in [-0.3, -0.25) is 9.36 Å². The number of anilines is 2. The number of carbonyl (C=O) groups excluding carboxylic acids is 1. The molecule has 0 spiro atoms. The van der Waals surface area contributed by atoms with Crippen molar-refractivity contribution >= 4 is 17.3 Å². The first-order chi connectivity index (χ1) is 11.5. The van der Waals surface area contributed by atoms with Crippen molar-refractivity contribution in [3.63, 3.8) is 0 Å². The molecule has 0 aliphatic heterocycles. The van der Waals surface area contributed by atoms with Crippen LogP contribution in [0.5, 0.6) is 0 Å². The van der Waals surface area contributed by atoms with Crippen molar-refractivity contribution in [3.05, 3.63) is 66.4 Å². The van der Waals surface area contributed by atoms with Gasteiger partial charge >= 0.3 is 0 Å². The van der Waals surface area contributed by atoms with Crippen LogP contribution in [0.15, 0.2) is 55.0 Å². The second-order valence-electron chi connectivity index (χ2n) is 5.65. The van der Waals surface area contributed by atoms with Gasteiger partial charge in [-0.05, 0) is 37.3 Å². The molecule has 0 saturated heterocycles.